The minimum atomic E-state index is -4.04. The number of ketones is 1. The molecule has 32 heavy (non-hydrogen) atoms. The van der Waals surface area contributed by atoms with Gasteiger partial charge in [0.1, 0.15) is 12.3 Å². The number of sulfonamides is 1. The van der Waals surface area contributed by atoms with Crippen LogP contribution in [0.4, 0.5) is 5.69 Å². The van der Waals surface area contributed by atoms with Gasteiger partial charge in [-0.15, -0.1) is 0 Å². The highest BCUT2D eigenvalue weighted by Gasteiger charge is 2.31. The van der Waals surface area contributed by atoms with E-state index in [0.717, 1.165) is 10.7 Å². The summed E-state index contributed by atoms with van der Waals surface area (Å²) in [5, 5.41) is 0. The van der Waals surface area contributed by atoms with Crippen LogP contribution in [-0.4, -0.2) is 51.8 Å². The highest BCUT2D eigenvalue weighted by molar-refractivity contribution is 7.92. The Morgan fingerprint density at radius 2 is 1.56 bits per heavy atom. The molecule has 8 heteroatoms. The zero-order valence-corrected chi connectivity index (χ0v) is 19.8. The third kappa shape index (κ3) is 5.30. The van der Waals surface area contributed by atoms with E-state index >= 15 is 0 Å². The molecule has 1 saturated heterocycles. The predicted octanol–water partition coefficient (Wildman–Crippen LogP) is 3.60. The van der Waals surface area contributed by atoms with Crippen LogP contribution in [0.1, 0.15) is 37.6 Å². The molecule has 0 aromatic heterocycles. The summed E-state index contributed by atoms with van der Waals surface area (Å²) in [6.07, 6.45) is 1.05. The average Bonchev–Trinajstić information content (AvgIpc) is 2.76. The van der Waals surface area contributed by atoms with Crippen molar-refractivity contribution in [3.05, 3.63) is 54.1 Å². The number of methoxy groups -OCH3 is 1. The number of rotatable bonds is 7. The maximum absolute atomic E-state index is 13.6. The molecule has 0 aliphatic carbocycles. The fraction of sp³-hybridized carbons (Fsp3) is 0.417. The molecule has 1 heterocycles. The van der Waals surface area contributed by atoms with Crippen LogP contribution in [0.5, 0.6) is 5.75 Å². The second-order valence-corrected chi connectivity index (χ2v) is 10.4. The minimum absolute atomic E-state index is 0.0199. The van der Waals surface area contributed by atoms with Crippen LogP contribution in [0.2, 0.25) is 0 Å². The molecule has 0 N–H and O–H groups in total. The van der Waals surface area contributed by atoms with Gasteiger partial charge in [-0.1, -0.05) is 26.0 Å². The van der Waals surface area contributed by atoms with Gasteiger partial charge in [0.15, 0.2) is 5.78 Å². The Morgan fingerprint density at radius 1 is 1.00 bits per heavy atom. The first kappa shape index (κ1) is 23.8. The molecule has 3 rings (SSSR count). The Kier molecular flexibility index (Phi) is 7.23. The van der Waals surface area contributed by atoms with E-state index in [9.17, 15) is 18.0 Å². The summed E-state index contributed by atoms with van der Waals surface area (Å²) in [4.78, 5) is 26.5. The maximum atomic E-state index is 13.6. The quantitative estimate of drug-likeness (QED) is 0.592. The van der Waals surface area contributed by atoms with Gasteiger partial charge in [0.2, 0.25) is 5.91 Å². The second kappa shape index (κ2) is 9.73. The van der Waals surface area contributed by atoms with Gasteiger partial charge in [0.25, 0.3) is 10.0 Å². The average molecular weight is 459 g/mol. The molecule has 0 bridgehead atoms. The van der Waals surface area contributed by atoms with Crippen LogP contribution < -0.4 is 9.04 Å². The molecule has 1 fully saturated rings. The van der Waals surface area contributed by atoms with Crippen molar-refractivity contribution in [1.82, 2.24) is 4.90 Å². The summed E-state index contributed by atoms with van der Waals surface area (Å²) in [7, 11) is -2.51. The molecule has 172 valence electrons. The molecule has 0 saturated carbocycles. The number of carbonyl (C=O) groups is 2. The molecular weight excluding hydrogens is 428 g/mol. The minimum Gasteiger partial charge on any atom is -0.497 e. The van der Waals surface area contributed by atoms with Gasteiger partial charge >= 0.3 is 0 Å². The number of ether oxygens (including phenoxy) is 1. The first-order chi connectivity index (χ1) is 15.1. The Labute approximate surface area is 190 Å². The van der Waals surface area contributed by atoms with E-state index in [-0.39, 0.29) is 23.1 Å². The number of likely N-dealkylation sites (tertiary alicyclic amines) is 1. The standard InChI is InChI=1S/C24H30N2O5S/c1-17-13-18(2)15-25(14-17)24(28)16-26(21-7-9-22(31-4)10-8-21)32(29,30)23-11-5-20(6-12-23)19(3)27/h5-12,17-18H,13-16H2,1-4H3/t17-,18-/m0/s1. The molecule has 0 radical (unpaired) electrons. The monoisotopic (exact) mass is 458 g/mol. The van der Waals surface area contributed by atoms with Crippen molar-refractivity contribution < 1.29 is 22.7 Å². The number of piperidine rings is 1. The normalized spacial score (nSPS) is 18.8. The molecule has 7 nitrogen and oxygen atoms in total. The van der Waals surface area contributed by atoms with E-state index in [1.54, 1.807) is 29.2 Å². The highest BCUT2D eigenvalue weighted by Crippen LogP contribution is 2.27. The summed E-state index contributed by atoms with van der Waals surface area (Å²) in [5.74, 6) is 0.940. The van der Waals surface area contributed by atoms with Crippen molar-refractivity contribution in [2.45, 2.75) is 32.1 Å². The van der Waals surface area contributed by atoms with Crippen molar-refractivity contribution in [3.8, 4) is 5.75 Å². The zero-order valence-electron chi connectivity index (χ0n) is 18.9. The number of carbonyl (C=O) groups excluding carboxylic acids is 2. The van der Waals surface area contributed by atoms with Crippen molar-refractivity contribution in [2.24, 2.45) is 11.8 Å². The van der Waals surface area contributed by atoms with E-state index in [1.807, 2.05) is 0 Å². The third-order valence-electron chi connectivity index (χ3n) is 5.71. The summed E-state index contributed by atoms with van der Waals surface area (Å²) >= 11 is 0. The van der Waals surface area contributed by atoms with Gasteiger partial charge in [-0.25, -0.2) is 8.42 Å². The first-order valence-electron chi connectivity index (χ1n) is 10.7. The summed E-state index contributed by atoms with van der Waals surface area (Å²) in [6, 6.07) is 12.3. The number of hydrogen-bond donors (Lipinski definition) is 0. The SMILES string of the molecule is COc1ccc(N(CC(=O)N2C[C@@H](C)C[C@H](C)C2)S(=O)(=O)c2ccc(C(C)=O)cc2)cc1. The smallest absolute Gasteiger partial charge is 0.264 e. The number of anilines is 1. The molecular formula is C24H30N2O5S. The van der Waals surface area contributed by atoms with Crippen LogP contribution in [-0.2, 0) is 14.8 Å². The van der Waals surface area contributed by atoms with E-state index in [4.69, 9.17) is 4.74 Å². The lowest BCUT2D eigenvalue weighted by Gasteiger charge is -2.36. The highest BCUT2D eigenvalue weighted by atomic mass is 32.2. The van der Waals surface area contributed by atoms with E-state index in [2.05, 4.69) is 13.8 Å². The molecule has 1 aliphatic heterocycles. The van der Waals surface area contributed by atoms with Gasteiger partial charge in [-0.2, -0.15) is 0 Å². The fourth-order valence-electron chi connectivity index (χ4n) is 4.14. The van der Waals surface area contributed by atoms with Crippen LogP contribution in [0.25, 0.3) is 0 Å². The topological polar surface area (TPSA) is 84.0 Å². The first-order valence-corrected chi connectivity index (χ1v) is 12.1. The van der Waals surface area contributed by atoms with Gasteiger partial charge in [0, 0.05) is 18.7 Å². The van der Waals surface area contributed by atoms with Gasteiger partial charge in [0.05, 0.1) is 17.7 Å². The largest absolute Gasteiger partial charge is 0.497 e. The second-order valence-electron chi connectivity index (χ2n) is 8.54. The number of hydrogen-bond acceptors (Lipinski definition) is 5. The predicted molar refractivity (Wildman–Crippen MR) is 123 cm³/mol. The number of Topliss-reactive ketones (excluding diaryl/α,β-unsaturated/α-hetero) is 1. The summed E-state index contributed by atoms with van der Waals surface area (Å²) in [5.41, 5.74) is 0.792. The van der Waals surface area contributed by atoms with Crippen LogP contribution in [0.3, 0.4) is 0 Å². The Morgan fingerprint density at radius 3 is 2.06 bits per heavy atom. The van der Waals surface area contributed by atoms with E-state index in [0.29, 0.717) is 41.9 Å². The summed E-state index contributed by atoms with van der Waals surface area (Å²) < 4.78 is 33.4. The Hall–Kier alpha value is -2.87. The van der Waals surface area contributed by atoms with Crippen LogP contribution in [0.15, 0.2) is 53.4 Å². The lowest BCUT2D eigenvalue weighted by molar-refractivity contribution is -0.132. The molecule has 1 amide bonds. The van der Waals surface area contributed by atoms with Crippen molar-refractivity contribution in [2.75, 3.05) is 31.0 Å². The molecule has 1 aliphatic rings. The van der Waals surface area contributed by atoms with Crippen molar-refractivity contribution >= 4 is 27.4 Å². The van der Waals surface area contributed by atoms with Gasteiger partial charge < -0.3 is 9.64 Å². The molecule has 0 spiro atoms. The lowest BCUT2D eigenvalue weighted by Crippen LogP contribution is -2.48. The van der Waals surface area contributed by atoms with Crippen molar-refractivity contribution in [1.29, 1.82) is 0 Å². The number of nitrogens with zero attached hydrogens (tertiary/aromatic N) is 2. The lowest BCUT2D eigenvalue weighted by atomic mass is 9.92. The Balaban J connectivity index is 1.96. The number of benzene rings is 2. The zero-order chi connectivity index (χ0) is 23.5. The number of amides is 1. The van der Waals surface area contributed by atoms with E-state index < -0.39 is 10.0 Å². The maximum Gasteiger partial charge on any atom is 0.264 e. The molecule has 2 aromatic carbocycles. The van der Waals surface area contributed by atoms with Gasteiger partial charge in [-0.3, -0.25) is 13.9 Å². The van der Waals surface area contributed by atoms with Crippen molar-refractivity contribution in [3.63, 3.8) is 0 Å². The third-order valence-corrected chi connectivity index (χ3v) is 7.50. The van der Waals surface area contributed by atoms with Gasteiger partial charge in [-0.05, 0) is 61.6 Å². The molecule has 2 aromatic rings. The molecule has 2 atom stereocenters. The summed E-state index contributed by atoms with van der Waals surface area (Å²) in [6.45, 7) is 6.56. The van der Waals surface area contributed by atoms with Crippen LogP contribution >= 0.6 is 0 Å². The fourth-order valence-corrected chi connectivity index (χ4v) is 5.56. The Bertz CT molecular complexity index is 1050. The van der Waals surface area contributed by atoms with E-state index in [1.165, 1.54) is 38.3 Å². The molecule has 0 unspecified atom stereocenters. The van der Waals surface area contributed by atoms with Crippen LogP contribution in [0, 0.1) is 11.8 Å².